The van der Waals surface area contributed by atoms with Gasteiger partial charge in [0, 0.05) is 19.3 Å². The van der Waals surface area contributed by atoms with E-state index in [9.17, 15) is 18.9 Å². The highest BCUT2D eigenvalue weighted by Crippen LogP contribution is 2.35. The lowest BCUT2D eigenvalue weighted by molar-refractivity contribution is -0.161. The van der Waals surface area contributed by atoms with Crippen LogP contribution in [0.5, 0.6) is 0 Å². The van der Waals surface area contributed by atoms with E-state index in [1.165, 1.54) is 19.3 Å². The molecule has 0 aliphatic carbocycles. The van der Waals surface area contributed by atoms with Crippen LogP contribution in [0, 0.1) is 5.92 Å². The number of rotatable bonds is 29. The van der Waals surface area contributed by atoms with Gasteiger partial charge in [-0.25, -0.2) is 4.57 Å². The number of ketones is 1. The fourth-order valence-corrected chi connectivity index (χ4v) is 4.72. The van der Waals surface area contributed by atoms with Crippen molar-refractivity contribution in [2.45, 2.75) is 149 Å². The number of carbonyl (C=O) groups excluding carboxylic acids is 3. The molecule has 0 aliphatic rings. The Kier molecular flexibility index (Phi) is 26.6. The summed E-state index contributed by atoms with van der Waals surface area (Å²) >= 11 is 0. The maximum Gasteiger partial charge on any atom is 0.469 e. The lowest BCUT2D eigenvalue weighted by Gasteiger charge is -2.18. The Bertz CT molecular complexity index is 832. The normalized spacial score (nSPS) is 12.8. The minimum atomic E-state index is -4.76. The molecule has 250 valence electrons. The zero-order chi connectivity index (χ0) is 32.2. The van der Waals surface area contributed by atoms with Crippen LogP contribution in [0.15, 0.2) is 24.3 Å². The molecule has 0 bridgehead atoms. The Labute approximate surface area is 260 Å². The third-order valence-corrected chi connectivity index (χ3v) is 7.36. The van der Waals surface area contributed by atoms with Crippen LogP contribution < -0.4 is 0 Å². The van der Waals surface area contributed by atoms with Crippen molar-refractivity contribution in [3.8, 4) is 0 Å². The van der Waals surface area contributed by atoms with Gasteiger partial charge in [0.15, 0.2) is 11.9 Å². The average Bonchev–Trinajstić information content (AvgIpc) is 2.94. The summed E-state index contributed by atoms with van der Waals surface area (Å²) in [7, 11) is -4.76. The van der Waals surface area contributed by atoms with Gasteiger partial charge in [0.25, 0.3) is 0 Å². The van der Waals surface area contributed by atoms with E-state index in [1.54, 1.807) is 12.2 Å². The van der Waals surface area contributed by atoms with Gasteiger partial charge in [0.2, 0.25) is 0 Å². The standard InChI is InChI=1S/C33H59O9P/c1-4-5-17-23-30(34)24-19-14-9-7-6-8-10-16-21-26-33(36)42-31(28-41-43(37,38)39)27-40-32(35)25-20-15-12-11-13-18-22-29(2)3/h9,14,19,24,29,31H,4-8,10-13,15-18,20-23,25-28H2,1-3H3,(H2,37,38,39)/b14-9-,24-19+/t31-/m1/s1. The number of hydrogen-bond acceptors (Lipinski definition) is 7. The molecule has 2 N–H and O–H groups in total. The van der Waals surface area contributed by atoms with Gasteiger partial charge in [0.05, 0.1) is 6.61 Å². The second-order valence-corrected chi connectivity index (χ2v) is 12.9. The highest BCUT2D eigenvalue weighted by Gasteiger charge is 2.22. The molecule has 0 saturated carbocycles. The fourth-order valence-electron chi connectivity index (χ4n) is 4.36. The first-order chi connectivity index (χ1) is 20.5. The summed E-state index contributed by atoms with van der Waals surface area (Å²) in [5, 5.41) is 0. The summed E-state index contributed by atoms with van der Waals surface area (Å²) in [6.07, 6.45) is 23.4. The number of hydrogen-bond donors (Lipinski definition) is 2. The van der Waals surface area contributed by atoms with Gasteiger partial charge in [-0.2, -0.15) is 0 Å². The highest BCUT2D eigenvalue weighted by atomic mass is 31.2. The SMILES string of the molecule is CCCCCC(=O)/C=C/C=C\CCCCCCCC(=O)O[C@H](COC(=O)CCCCCCCCC(C)C)COP(=O)(O)O. The summed E-state index contributed by atoms with van der Waals surface area (Å²) < 4.78 is 26.1. The minimum Gasteiger partial charge on any atom is -0.462 e. The molecular weight excluding hydrogens is 571 g/mol. The van der Waals surface area contributed by atoms with E-state index in [1.807, 2.05) is 6.08 Å². The summed E-state index contributed by atoms with van der Waals surface area (Å²) in [6.45, 7) is 5.69. The second kappa shape index (κ2) is 27.7. The quantitative estimate of drug-likeness (QED) is 0.0275. The van der Waals surface area contributed by atoms with Crippen molar-refractivity contribution >= 4 is 25.5 Å². The van der Waals surface area contributed by atoms with Gasteiger partial charge in [-0.15, -0.1) is 0 Å². The first kappa shape index (κ1) is 41.2. The molecule has 9 nitrogen and oxygen atoms in total. The number of ether oxygens (including phenoxy) is 2. The Morgan fingerprint density at radius 3 is 1.93 bits per heavy atom. The van der Waals surface area contributed by atoms with E-state index < -0.39 is 32.5 Å². The number of unbranched alkanes of at least 4 members (excludes halogenated alkanes) is 12. The molecule has 0 aromatic rings. The molecule has 0 rings (SSSR count). The molecule has 0 aromatic heterocycles. The molecule has 0 aliphatic heterocycles. The summed E-state index contributed by atoms with van der Waals surface area (Å²) in [4.78, 5) is 54.1. The molecular formula is C33H59O9P. The molecule has 1 atom stereocenters. The smallest absolute Gasteiger partial charge is 0.462 e. The van der Waals surface area contributed by atoms with Crippen LogP contribution in [0.25, 0.3) is 0 Å². The maximum atomic E-state index is 12.3. The molecule has 0 radical (unpaired) electrons. The Morgan fingerprint density at radius 1 is 0.721 bits per heavy atom. The highest BCUT2D eigenvalue weighted by molar-refractivity contribution is 7.46. The molecule has 0 amide bonds. The number of phosphoric acid groups is 1. The molecule has 0 saturated heterocycles. The van der Waals surface area contributed by atoms with Gasteiger partial charge in [-0.1, -0.05) is 110 Å². The number of esters is 2. The fraction of sp³-hybridized carbons (Fsp3) is 0.788. The van der Waals surface area contributed by atoms with Crippen molar-refractivity contribution in [1.29, 1.82) is 0 Å². The molecule has 0 fully saturated rings. The van der Waals surface area contributed by atoms with E-state index in [0.29, 0.717) is 19.3 Å². The topological polar surface area (TPSA) is 136 Å². The number of carbonyl (C=O) groups is 3. The van der Waals surface area contributed by atoms with Crippen LogP contribution in [0.1, 0.15) is 143 Å². The van der Waals surface area contributed by atoms with Crippen molar-refractivity contribution in [2.75, 3.05) is 13.2 Å². The molecule has 0 unspecified atom stereocenters. The third kappa shape index (κ3) is 31.4. The zero-order valence-electron chi connectivity index (χ0n) is 27.0. The molecule has 0 heterocycles. The van der Waals surface area contributed by atoms with E-state index in [2.05, 4.69) is 31.4 Å². The second-order valence-electron chi connectivity index (χ2n) is 11.7. The van der Waals surface area contributed by atoms with Crippen LogP contribution >= 0.6 is 7.82 Å². The maximum absolute atomic E-state index is 12.3. The Hall–Kier alpha value is -1.80. The van der Waals surface area contributed by atoms with E-state index >= 15 is 0 Å². The first-order valence-corrected chi connectivity index (χ1v) is 18.0. The molecule has 43 heavy (non-hydrogen) atoms. The van der Waals surface area contributed by atoms with Crippen LogP contribution in [0.4, 0.5) is 0 Å². The minimum absolute atomic E-state index is 0.161. The van der Waals surface area contributed by atoms with Crippen molar-refractivity contribution in [3.05, 3.63) is 24.3 Å². The molecule has 10 heteroatoms. The lowest BCUT2D eigenvalue weighted by atomic mass is 10.0. The third-order valence-electron chi connectivity index (χ3n) is 6.88. The first-order valence-electron chi connectivity index (χ1n) is 16.4. The Balaban J connectivity index is 4.11. The average molecular weight is 631 g/mol. The van der Waals surface area contributed by atoms with Gasteiger partial charge in [-0.05, 0) is 44.1 Å². The van der Waals surface area contributed by atoms with Gasteiger partial charge in [-0.3, -0.25) is 18.9 Å². The number of phosphoric ester groups is 1. The van der Waals surface area contributed by atoms with E-state index in [4.69, 9.17) is 19.3 Å². The van der Waals surface area contributed by atoms with E-state index in [-0.39, 0.29) is 25.2 Å². The zero-order valence-corrected chi connectivity index (χ0v) is 27.9. The Morgan fingerprint density at radius 2 is 1.30 bits per heavy atom. The van der Waals surface area contributed by atoms with Crippen molar-refractivity contribution < 1.29 is 42.7 Å². The van der Waals surface area contributed by atoms with Crippen molar-refractivity contribution in [2.24, 2.45) is 5.92 Å². The van der Waals surface area contributed by atoms with Gasteiger partial charge in [0.1, 0.15) is 6.61 Å². The van der Waals surface area contributed by atoms with Crippen molar-refractivity contribution in [3.63, 3.8) is 0 Å². The lowest BCUT2D eigenvalue weighted by Crippen LogP contribution is -2.29. The van der Waals surface area contributed by atoms with Crippen LogP contribution in [-0.2, 0) is 32.9 Å². The predicted molar refractivity (Wildman–Crippen MR) is 170 cm³/mol. The summed E-state index contributed by atoms with van der Waals surface area (Å²) in [6, 6.07) is 0. The summed E-state index contributed by atoms with van der Waals surface area (Å²) in [5.74, 6) is -0.0556. The van der Waals surface area contributed by atoms with Crippen LogP contribution in [0.2, 0.25) is 0 Å². The van der Waals surface area contributed by atoms with Crippen molar-refractivity contribution in [1.82, 2.24) is 0 Å². The van der Waals surface area contributed by atoms with Gasteiger partial charge >= 0.3 is 19.8 Å². The summed E-state index contributed by atoms with van der Waals surface area (Å²) in [5.41, 5.74) is 0. The van der Waals surface area contributed by atoms with Crippen LogP contribution in [-0.4, -0.2) is 46.8 Å². The predicted octanol–water partition coefficient (Wildman–Crippen LogP) is 8.32. The van der Waals surface area contributed by atoms with Crippen LogP contribution in [0.3, 0.4) is 0 Å². The molecule has 0 aromatic carbocycles. The van der Waals surface area contributed by atoms with Gasteiger partial charge < -0.3 is 19.3 Å². The largest absolute Gasteiger partial charge is 0.469 e. The van der Waals surface area contributed by atoms with E-state index in [0.717, 1.165) is 76.5 Å². The monoisotopic (exact) mass is 630 g/mol. The molecule has 0 spiro atoms. The number of allylic oxidation sites excluding steroid dienone is 4.